The molecule has 2 aliphatic heterocycles. The maximum atomic E-state index is 12.7. The van der Waals surface area contributed by atoms with Gasteiger partial charge in [0.1, 0.15) is 11.9 Å². The number of carbonyl (C=O) groups is 3. The summed E-state index contributed by atoms with van der Waals surface area (Å²) in [5.41, 5.74) is 16.7. The smallest absolute Gasteiger partial charge is 0.352 e. The Balaban J connectivity index is 1.70. The van der Waals surface area contributed by atoms with Crippen LogP contribution in [-0.2, 0) is 20.9 Å². The lowest BCUT2D eigenvalue weighted by atomic mass is 9.77. The van der Waals surface area contributed by atoms with Crippen molar-refractivity contribution >= 4 is 57.2 Å². The molecule has 8 N–H and O–H groups in total. The first-order valence-corrected chi connectivity index (χ1v) is 12.8. The lowest BCUT2D eigenvalue weighted by Gasteiger charge is -2.46. The lowest BCUT2D eigenvalue weighted by molar-refractivity contribution is -0.717. The van der Waals surface area contributed by atoms with E-state index in [1.54, 1.807) is 17.8 Å². The quantitative estimate of drug-likeness (QED) is 0.0667. The van der Waals surface area contributed by atoms with Crippen molar-refractivity contribution in [1.29, 1.82) is 0 Å². The molecule has 0 radical (unpaired) electrons. The Morgan fingerprint density at radius 1 is 1.34 bits per heavy atom. The first kappa shape index (κ1) is 25.0. The van der Waals surface area contributed by atoms with Crippen LogP contribution in [0.4, 0.5) is 0 Å². The molecule has 12 nitrogen and oxygen atoms in total. The number of hydrogen-bond acceptors (Lipinski definition) is 7. The van der Waals surface area contributed by atoms with Crippen LogP contribution in [0.15, 0.2) is 28.2 Å². The van der Waals surface area contributed by atoms with Crippen LogP contribution in [0, 0.1) is 11.8 Å². The highest BCUT2D eigenvalue weighted by molar-refractivity contribution is 7.99. The number of carboxylic acid groups (broad SMARTS) is 1. The minimum Gasteiger partial charge on any atom is -0.477 e. The molecular formula is C21H28N7O5S2+. The molecule has 2 amide bonds. The van der Waals surface area contributed by atoms with Gasteiger partial charge in [-0.2, -0.15) is 4.40 Å². The Kier molecular flexibility index (Phi) is 6.79. The van der Waals surface area contributed by atoms with E-state index in [2.05, 4.69) is 4.99 Å². The van der Waals surface area contributed by atoms with Gasteiger partial charge in [0.2, 0.25) is 15.8 Å². The van der Waals surface area contributed by atoms with E-state index >= 15 is 0 Å². The fourth-order valence-electron chi connectivity index (χ4n) is 4.82. The van der Waals surface area contributed by atoms with Gasteiger partial charge in [0.25, 0.3) is 12.2 Å². The van der Waals surface area contributed by atoms with Crippen LogP contribution in [0.5, 0.6) is 0 Å². The van der Waals surface area contributed by atoms with Crippen molar-refractivity contribution in [1.82, 2.24) is 9.30 Å². The Morgan fingerprint density at radius 2 is 2.06 bits per heavy atom. The van der Waals surface area contributed by atoms with Crippen LogP contribution < -0.4 is 21.8 Å². The van der Waals surface area contributed by atoms with Crippen molar-refractivity contribution in [3.8, 4) is 0 Å². The van der Waals surface area contributed by atoms with Crippen molar-refractivity contribution in [3.05, 3.63) is 23.1 Å². The zero-order chi connectivity index (χ0) is 25.6. The minimum absolute atomic E-state index is 0.000134. The zero-order valence-electron chi connectivity index (χ0n) is 19.2. The molecule has 188 valence electrons. The van der Waals surface area contributed by atoms with Gasteiger partial charge in [-0.25, -0.2) is 9.36 Å². The molecule has 2 aliphatic rings. The molecule has 35 heavy (non-hydrogen) atoms. The largest absolute Gasteiger partial charge is 0.477 e. The Morgan fingerprint density at radius 3 is 2.66 bits per heavy atom. The van der Waals surface area contributed by atoms with E-state index < -0.39 is 29.9 Å². The molecule has 2 aromatic rings. The number of primary amides is 1. The van der Waals surface area contributed by atoms with Gasteiger partial charge in [-0.1, -0.05) is 30.0 Å². The van der Waals surface area contributed by atoms with Crippen molar-refractivity contribution in [2.24, 2.45) is 34.0 Å². The number of aliphatic carboxylic acids is 1. The highest BCUT2D eigenvalue weighted by atomic mass is 32.2. The van der Waals surface area contributed by atoms with Crippen LogP contribution >= 0.6 is 23.1 Å². The average Bonchev–Trinajstić information content (AvgIpc) is 3.35. The molecule has 1 fully saturated rings. The number of nitrogens with two attached hydrogens (primary N) is 3. The van der Waals surface area contributed by atoms with Crippen molar-refractivity contribution in [2.75, 3.05) is 12.3 Å². The number of β-lactam (4-membered cyclic amide) rings is 1. The van der Waals surface area contributed by atoms with Gasteiger partial charge in [0, 0.05) is 23.8 Å². The molecule has 0 spiro atoms. The first-order chi connectivity index (χ1) is 16.5. The fraction of sp³-hybridized carbons (Fsp3) is 0.476. The highest BCUT2D eigenvalue weighted by Crippen LogP contribution is 2.51. The van der Waals surface area contributed by atoms with Gasteiger partial charge >= 0.3 is 5.97 Å². The monoisotopic (exact) mass is 522 g/mol. The van der Waals surface area contributed by atoms with Gasteiger partial charge in [0.05, 0.1) is 22.9 Å². The molecule has 0 unspecified atom stereocenters. The third-order valence-electron chi connectivity index (χ3n) is 6.21. The second-order valence-corrected chi connectivity index (χ2v) is 10.8. The zero-order valence-corrected chi connectivity index (χ0v) is 20.9. The number of imidazole rings is 1. The van der Waals surface area contributed by atoms with Crippen molar-refractivity contribution in [2.45, 2.75) is 44.0 Å². The number of guanidine groups is 1. The van der Waals surface area contributed by atoms with E-state index in [1.165, 1.54) is 28.0 Å². The SMILES string of the molecule is C[C@@H](O)[C@H]1C(=O)N2C(C(=O)O)=C(c3cn4c[n+](CC(N)=O)c(SCCCN=C(N)N)c4s3)[C@H](C)[C@H]12. The summed E-state index contributed by atoms with van der Waals surface area (Å²) >= 11 is 2.91. The summed E-state index contributed by atoms with van der Waals surface area (Å²) in [4.78, 5) is 43.3. The number of carbonyl (C=O) groups excluding carboxylic acids is 2. The normalized spacial score (nSPS) is 22.3. The van der Waals surface area contributed by atoms with Crippen LogP contribution in [0.1, 0.15) is 25.1 Å². The van der Waals surface area contributed by atoms with Gasteiger partial charge in [-0.3, -0.25) is 14.6 Å². The van der Waals surface area contributed by atoms with E-state index in [1.807, 2.05) is 17.5 Å². The topological polar surface area (TPSA) is 194 Å². The third kappa shape index (κ3) is 4.36. The standard InChI is InChI=1S/C21H27N7O5S2/c1-9-13(16(20(32)33)28-15(9)14(10(2)29)17(28)31)11-6-26-8-27(7-12(22)30)18(19(26)35-11)34-5-3-4-25-21(23)24/h6,8-10,14-15,29H,3-5,7H2,1-2H3,(H6-,22,23,24,25,30,32,33)/p+1/t9-,10+,14+,15+/m0/s1. The number of aliphatic imine (C=N–C) groups is 1. The number of carboxylic acids is 1. The Labute approximate surface area is 209 Å². The number of nitrogens with zero attached hydrogens (tertiary/aromatic N) is 4. The van der Waals surface area contributed by atoms with Crippen LogP contribution in [0.2, 0.25) is 0 Å². The maximum absolute atomic E-state index is 12.7. The predicted molar refractivity (Wildman–Crippen MR) is 130 cm³/mol. The van der Waals surface area contributed by atoms with Crippen LogP contribution in [-0.4, -0.2) is 67.7 Å². The second-order valence-electron chi connectivity index (χ2n) is 8.65. The van der Waals surface area contributed by atoms with Gasteiger partial charge in [-0.05, 0) is 13.3 Å². The molecule has 14 heteroatoms. The number of amides is 2. The molecule has 0 aromatic carbocycles. The number of aliphatic hydroxyl groups is 1. The maximum Gasteiger partial charge on any atom is 0.352 e. The summed E-state index contributed by atoms with van der Waals surface area (Å²) in [6.45, 7) is 3.90. The molecule has 2 aromatic heterocycles. The van der Waals surface area contributed by atoms with E-state index in [0.29, 0.717) is 29.2 Å². The summed E-state index contributed by atoms with van der Waals surface area (Å²) in [7, 11) is 0. The molecule has 0 aliphatic carbocycles. The van der Waals surface area contributed by atoms with Crippen LogP contribution in [0.3, 0.4) is 0 Å². The fourth-order valence-corrected chi connectivity index (χ4v) is 7.27. The molecule has 0 bridgehead atoms. The van der Waals surface area contributed by atoms with E-state index in [-0.39, 0.29) is 30.0 Å². The van der Waals surface area contributed by atoms with E-state index in [0.717, 1.165) is 9.86 Å². The summed E-state index contributed by atoms with van der Waals surface area (Å²) in [5.74, 6) is -2.22. The third-order valence-corrected chi connectivity index (χ3v) is 8.67. The summed E-state index contributed by atoms with van der Waals surface area (Å²) < 4.78 is 3.60. The second kappa shape index (κ2) is 9.51. The molecule has 4 atom stereocenters. The minimum atomic E-state index is -1.18. The number of hydrogen-bond donors (Lipinski definition) is 5. The summed E-state index contributed by atoms with van der Waals surface area (Å²) in [5, 5.41) is 20.8. The Bertz CT molecular complexity index is 1260. The number of thioether (sulfide) groups is 1. The van der Waals surface area contributed by atoms with Gasteiger partial charge < -0.3 is 32.3 Å². The summed E-state index contributed by atoms with van der Waals surface area (Å²) in [6, 6.07) is -0.394. The number of aliphatic hydroxyl groups excluding tert-OH is 1. The van der Waals surface area contributed by atoms with Gasteiger partial charge in [-0.15, -0.1) is 0 Å². The molecule has 4 rings (SSSR count). The number of thiazole rings is 1. The highest BCUT2D eigenvalue weighted by Gasteiger charge is 2.60. The number of aromatic nitrogens is 2. The van der Waals surface area contributed by atoms with Gasteiger partial charge in [0.15, 0.2) is 12.5 Å². The van der Waals surface area contributed by atoms with Crippen molar-refractivity contribution < 1.29 is 29.2 Å². The molecule has 4 heterocycles. The van der Waals surface area contributed by atoms with E-state index in [9.17, 15) is 24.6 Å². The average molecular weight is 523 g/mol. The molecule has 0 saturated carbocycles. The number of fused-ring (bicyclic) bond motifs is 2. The lowest BCUT2D eigenvalue weighted by Crippen LogP contribution is -2.63. The van der Waals surface area contributed by atoms with E-state index in [4.69, 9.17) is 17.2 Å². The molecule has 1 saturated heterocycles. The number of rotatable bonds is 10. The van der Waals surface area contributed by atoms with Crippen LogP contribution in [0.25, 0.3) is 10.4 Å². The Hall–Kier alpha value is -3.10. The predicted octanol–water partition coefficient (Wildman–Crippen LogP) is -0.818. The van der Waals surface area contributed by atoms with Crippen molar-refractivity contribution in [3.63, 3.8) is 0 Å². The molecular weight excluding hydrogens is 494 g/mol. The first-order valence-electron chi connectivity index (χ1n) is 11.0. The summed E-state index contributed by atoms with van der Waals surface area (Å²) in [6.07, 6.45) is 3.40.